The number of hydrogen-bond donors (Lipinski definition) is 2. The zero-order chi connectivity index (χ0) is 20.3. The Kier molecular flexibility index (Phi) is 6.27. The van der Waals surface area contributed by atoms with Gasteiger partial charge in [0.1, 0.15) is 0 Å². The number of carbonyl (C=O) groups excluding carboxylic acids is 2. The van der Waals surface area contributed by atoms with E-state index in [0.29, 0.717) is 12.1 Å². The normalized spacial score (nSPS) is 25.8. The Morgan fingerprint density at radius 3 is 2.71 bits per heavy atom. The van der Waals surface area contributed by atoms with Crippen molar-refractivity contribution in [3.05, 3.63) is 35.4 Å². The molecule has 1 aliphatic carbocycles. The van der Waals surface area contributed by atoms with Gasteiger partial charge in [-0.2, -0.15) is 13.2 Å². The SMILES string of the molecule is NCC1CCCCC1NC(=O)C1CC(=O)N(Cc2cccc(C(F)(F)F)c2)C1. The third-order valence-corrected chi connectivity index (χ3v) is 5.75. The highest BCUT2D eigenvalue weighted by Crippen LogP contribution is 2.30. The largest absolute Gasteiger partial charge is 0.416 e. The lowest BCUT2D eigenvalue weighted by Crippen LogP contribution is -2.47. The summed E-state index contributed by atoms with van der Waals surface area (Å²) < 4.78 is 38.6. The Labute approximate surface area is 162 Å². The van der Waals surface area contributed by atoms with E-state index in [9.17, 15) is 22.8 Å². The van der Waals surface area contributed by atoms with Crippen LogP contribution < -0.4 is 11.1 Å². The first kappa shape index (κ1) is 20.6. The second kappa shape index (κ2) is 8.51. The maximum Gasteiger partial charge on any atom is 0.416 e. The molecule has 2 aliphatic rings. The number of alkyl halides is 3. The minimum Gasteiger partial charge on any atom is -0.353 e. The molecule has 8 heteroatoms. The van der Waals surface area contributed by atoms with Crippen molar-refractivity contribution in [1.29, 1.82) is 0 Å². The molecule has 5 nitrogen and oxygen atoms in total. The molecule has 3 rings (SSSR count). The van der Waals surface area contributed by atoms with E-state index in [4.69, 9.17) is 5.73 Å². The van der Waals surface area contributed by atoms with Crippen molar-refractivity contribution in [1.82, 2.24) is 10.2 Å². The molecule has 0 aromatic heterocycles. The number of carbonyl (C=O) groups is 2. The first-order chi connectivity index (χ1) is 13.3. The molecule has 1 heterocycles. The highest BCUT2D eigenvalue weighted by Gasteiger charge is 2.36. The zero-order valence-corrected chi connectivity index (χ0v) is 15.7. The van der Waals surface area contributed by atoms with Gasteiger partial charge in [0.15, 0.2) is 0 Å². The van der Waals surface area contributed by atoms with Crippen LogP contribution >= 0.6 is 0 Å². The summed E-state index contributed by atoms with van der Waals surface area (Å²) in [5.74, 6) is -0.587. The molecule has 2 fully saturated rings. The molecule has 154 valence electrons. The van der Waals surface area contributed by atoms with Crippen molar-refractivity contribution in [2.75, 3.05) is 13.1 Å². The molecule has 1 saturated heterocycles. The average molecular weight is 397 g/mol. The minimum absolute atomic E-state index is 0.0406. The van der Waals surface area contributed by atoms with Crippen molar-refractivity contribution in [3.8, 4) is 0 Å². The minimum atomic E-state index is -4.42. The summed E-state index contributed by atoms with van der Waals surface area (Å²) in [5.41, 5.74) is 5.46. The molecule has 0 radical (unpaired) electrons. The number of rotatable bonds is 5. The van der Waals surface area contributed by atoms with Gasteiger partial charge in [-0.15, -0.1) is 0 Å². The molecule has 1 aromatic carbocycles. The van der Waals surface area contributed by atoms with Crippen LogP contribution in [0.25, 0.3) is 0 Å². The smallest absolute Gasteiger partial charge is 0.353 e. The van der Waals surface area contributed by atoms with Gasteiger partial charge in [-0.1, -0.05) is 25.0 Å². The number of likely N-dealkylation sites (tertiary alicyclic amines) is 1. The van der Waals surface area contributed by atoms with Crippen LogP contribution in [-0.2, 0) is 22.3 Å². The van der Waals surface area contributed by atoms with Gasteiger partial charge in [0, 0.05) is 25.6 Å². The molecule has 1 aromatic rings. The van der Waals surface area contributed by atoms with Crippen LogP contribution in [0.4, 0.5) is 13.2 Å². The first-order valence-corrected chi connectivity index (χ1v) is 9.72. The second-order valence-electron chi connectivity index (χ2n) is 7.77. The van der Waals surface area contributed by atoms with Crippen LogP contribution in [0.5, 0.6) is 0 Å². The third-order valence-electron chi connectivity index (χ3n) is 5.75. The quantitative estimate of drug-likeness (QED) is 0.802. The van der Waals surface area contributed by atoms with Crippen LogP contribution in [0.15, 0.2) is 24.3 Å². The molecule has 3 N–H and O–H groups in total. The number of hydrogen-bond acceptors (Lipinski definition) is 3. The lowest BCUT2D eigenvalue weighted by molar-refractivity contribution is -0.137. The van der Waals surface area contributed by atoms with E-state index in [2.05, 4.69) is 5.32 Å². The lowest BCUT2D eigenvalue weighted by Gasteiger charge is -2.32. The lowest BCUT2D eigenvalue weighted by atomic mass is 9.84. The van der Waals surface area contributed by atoms with Crippen molar-refractivity contribution in [2.45, 2.75) is 50.9 Å². The van der Waals surface area contributed by atoms with Gasteiger partial charge in [0.25, 0.3) is 0 Å². The van der Waals surface area contributed by atoms with Gasteiger partial charge in [0.05, 0.1) is 11.5 Å². The number of benzene rings is 1. The van der Waals surface area contributed by atoms with E-state index in [-0.39, 0.29) is 43.3 Å². The molecule has 3 unspecified atom stereocenters. The van der Waals surface area contributed by atoms with Gasteiger partial charge in [-0.3, -0.25) is 9.59 Å². The third kappa shape index (κ3) is 4.84. The Balaban J connectivity index is 1.60. The monoisotopic (exact) mass is 397 g/mol. The molecule has 3 atom stereocenters. The molecule has 1 aliphatic heterocycles. The van der Waals surface area contributed by atoms with Gasteiger partial charge in [-0.05, 0) is 43.0 Å². The van der Waals surface area contributed by atoms with Crippen LogP contribution in [0.3, 0.4) is 0 Å². The highest BCUT2D eigenvalue weighted by atomic mass is 19.4. The predicted octanol–water partition coefficient (Wildman–Crippen LogP) is 2.69. The van der Waals surface area contributed by atoms with Gasteiger partial charge in [0.2, 0.25) is 11.8 Å². The van der Waals surface area contributed by atoms with Crippen LogP contribution in [-0.4, -0.2) is 35.8 Å². The molecule has 0 spiro atoms. The Hall–Kier alpha value is -2.09. The highest BCUT2D eigenvalue weighted by molar-refractivity contribution is 5.89. The molecular formula is C20H26F3N3O2. The Bertz CT molecular complexity index is 723. The second-order valence-corrected chi connectivity index (χ2v) is 7.77. The van der Waals surface area contributed by atoms with E-state index >= 15 is 0 Å². The van der Waals surface area contributed by atoms with E-state index in [1.165, 1.54) is 11.0 Å². The van der Waals surface area contributed by atoms with E-state index in [1.54, 1.807) is 6.07 Å². The summed E-state index contributed by atoms with van der Waals surface area (Å²) in [5, 5.41) is 3.05. The summed E-state index contributed by atoms with van der Waals surface area (Å²) in [7, 11) is 0. The fourth-order valence-electron chi connectivity index (χ4n) is 4.15. The molecule has 28 heavy (non-hydrogen) atoms. The van der Waals surface area contributed by atoms with Crippen molar-refractivity contribution in [3.63, 3.8) is 0 Å². The average Bonchev–Trinajstić information content (AvgIpc) is 3.02. The van der Waals surface area contributed by atoms with Gasteiger partial charge < -0.3 is 16.0 Å². The number of amides is 2. The predicted molar refractivity (Wildman–Crippen MR) is 97.9 cm³/mol. The summed E-state index contributed by atoms with van der Waals surface area (Å²) in [6, 6.07) is 4.99. The van der Waals surface area contributed by atoms with Gasteiger partial charge >= 0.3 is 6.18 Å². The maximum absolute atomic E-state index is 12.9. The molecule has 1 saturated carbocycles. The summed E-state index contributed by atoms with van der Waals surface area (Å²) >= 11 is 0. The number of nitrogens with zero attached hydrogens (tertiary/aromatic N) is 1. The number of nitrogens with two attached hydrogens (primary N) is 1. The van der Waals surface area contributed by atoms with Gasteiger partial charge in [-0.25, -0.2) is 0 Å². The van der Waals surface area contributed by atoms with E-state index < -0.39 is 17.7 Å². The standard InChI is InChI=1S/C20H26F3N3O2/c21-20(22,23)16-6-3-4-13(8-16)11-26-12-15(9-18(26)27)19(28)25-17-7-2-1-5-14(17)10-24/h3-4,6,8,14-15,17H,1-2,5,7,9-12,24H2,(H,25,28). The van der Waals surface area contributed by atoms with Crippen molar-refractivity contribution < 1.29 is 22.8 Å². The van der Waals surface area contributed by atoms with Crippen molar-refractivity contribution in [2.24, 2.45) is 17.6 Å². The fourth-order valence-corrected chi connectivity index (χ4v) is 4.15. The fraction of sp³-hybridized carbons (Fsp3) is 0.600. The van der Waals surface area contributed by atoms with Crippen LogP contribution in [0, 0.1) is 11.8 Å². The first-order valence-electron chi connectivity index (χ1n) is 9.72. The summed E-state index contributed by atoms with van der Waals surface area (Å²) in [6.07, 6.45) is -0.291. The van der Waals surface area contributed by atoms with Crippen LogP contribution in [0.1, 0.15) is 43.2 Å². The van der Waals surface area contributed by atoms with Crippen molar-refractivity contribution >= 4 is 11.8 Å². The topological polar surface area (TPSA) is 75.4 Å². The number of nitrogens with one attached hydrogen (secondary N) is 1. The van der Waals surface area contributed by atoms with E-state index in [1.807, 2.05) is 0 Å². The number of halogens is 3. The Morgan fingerprint density at radius 1 is 1.25 bits per heavy atom. The summed E-state index contributed by atoms with van der Waals surface area (Å²) in [4.78, 5) is 26.4. The Morgan fingerprint density at radius 2 is 2.00 bits per heavy atom. The molecular weight excluding hydrogens is 371 g/mol. The zero-order valence-electron chi connectivity index (χ0n) is 15.7. The van der Waals surface area contributed by atoms with E-state index in [0.717, 1.165) is 37.8 Å². The molecule has 2 amide bonds. The summed E-state index contributed by atoms with van der Waals surface area (Å²) in [6.45, 7) is 0.818. The van der Waals surface area contributed by atoms with Crippen LogP contribution in [0.2, 0.25) is 0 Å². The maximum atomic E-state index is 12.9. The molecule has 0 bridgehead atoms.